The number of furan rings is 1. The van der Waals surface area contributed by atoms with Gasteiger partial charge in [0.05, 0.1) is 17.7 Å². The largest absolute Gasteiger partial charge is 0.461 e. The number of hydrogen-bond acceptors (Lipinski definition) is 6. The zero-order valence-electron chi connectivity index (χ0n) is 11.8. The quantitative estimate of drug-likeness (QED) is 0.572. The minimum Gasteiger partial charge on any atom is -0.461 e. The first-order valence-electron chi connectivity index (χ1n) is 6.65. The van der Waals surface area contributed by atoms with Gasteiger partial charge >= 0.3 is 0 Å². The highest BCUT2D eigenvalue weighted by atomic mass is 16.6. The summed E-state index contributed by atoms with van der Waals surface area (Å²) in [6, 6.07) is 10.5. The molecule has 1 amide bonds. The summed E-state index contributed by atoms with van der Waals surface area (Å²) in [5, 5.41) is 17.1. The minimum atomic E-state index is -0.521. The molecule has 0 spiro atoms. The first-order chi connectivity index (χ1) is 11.1. The van der Waals surface area contributed by atoms with Crippen LogP contribution < -0.4 is 5.32 Å². The van der Waals surface area contributed by atoms with Gasteiger partial charge in [0.2, 0.25) is 5.76 Å². The van der Waals surface area contributed by atoms with Gasteiger partial charge in [-0.2, -0.15) is 0 Å². The van der Waals surface area contributed by atoms with Crippen LogP contribution in [0.1, 0.15) is 16.1 Å². The highest BCUT2D eigenvalue weighted by molar-refractivity contribution is 5.94. The van der Waals surface area contributed by atoms with Crippen LogP contribution in [0.3, 0.4) is 0 Å². The maximum atomic E-state index is 12.0. The number of nitrogens with zero attached hydrogens (tertiary/aromatic N) is 2. The number of carbonyl (C=O) groups excluding carboxylic acids is 1. The van der Waals surface area contributed by atoms with E-state index in [-0.39, 0.29) is 18.1 Å². The van der Waals surface area contributed by atoms with E-state index in [0.717, 1.165) is 0 Å². The van der Waals surface area contributed by atoms with E-state index in [1.807, 2.05) is 0 Å². The topological polar surface area (TPSA) is 111 Å². The van der Waals surface area contributed by atoms with E-state index in [4.69, 9.17) is 8.94 Å². The Bertz CT molecular complexity index is 821. The van der Waals surface area contributed by atoms with Gasteiger partial charge in [0, 0.05) is 23.8 Å². The van der Waals surface area contributed by atoms with E-state index in [1.165, 1.54) is 30.5 Å². The molecule has 1 N–H and O–H groups in total. The average molecular weight is 313 g/mol. The van der Waals surface area contributed by atoms with Crippen LogP contribution in [0.25, 0.3) is 11.5 Å². The standard InChI is InChI=1S/C15H11N3O5/c19-15(10-3-5-12(6-4-10)18(20)21)16-9-11-8-14(23-17-11)13-2-1-7-22-13/h1-8H,9H2,(H,16,19). The monoisotopic (exact) mass is 313 g/mol. The predicted molar refractivity (Wildman–Crippen MR) is 78.5 cm³/mol. The lowest BCUT2D eigenvalue weighted by atomic mass is 10.2. The molecule has 0 bridgehead atoms. The Labute approximate surface area is 129 Å². The molecule has 3 rings (SSSR count). The van der Waals surface area contributed by atoms with Crippen molar-refractivity contribution in [2.24, 2.45) is 0 Å². The van der Waals surface area contributed by atoms with Crippen molar-refractivity contribution in [2.45, 2.75) is 6.54 Å². The lowest BCUT2D eigenvalue weighted by Crippen LogP contribution is -2.22. The zero-order valence-corrected chi connectivity index (χ0v) is 11.8. The van der Waals surface area contributed by atoms with E-state index in [0.29, 0.717) is 22.8 Å². The number of carbonyl (C=O) groups is 1. The highest BCUT2D eigenvalue weighted by Crippen LogP contribution is 2.20. The summed E-state index contributed by atoms with van der Waals surface area (Å²) in [5.74, 6) is 0.655. The van der Waals surface area contributed by atoms with Crippen LogP contribution in [0.15, 0.2) is 57.7 Å². The van der Waals surface area contributed by atoms with Crippen molar-refractivity contribution in [3.8, 4) is 11.5 Å². The number of amides is 1. The van der Waals surface area contributed by atoms with Crippen molar-refractivity contribution in [3.63, 3.8) is 0 Å². The summed E-state index contributed by atoms with van der Waals surface area (Å²) < 4.78 is 10.3. The highest BCUT2D eigenvalue weighted by Gasteiger charge is 2.12. The van der Waals surface area contributed by atoms with E-state index < -0.39 is 4.92 Å². The molecule has 0 saturated heterocycles. The van der Waals surface area contributed by atoms with Crippen molar-refractivity contribution in [1.29, 1.82) is 0 Å². The molecule has 23 heavy (non-hydrogen) atoms. The van der Waals surface area contributed by atoms with E-state index in [9.17, 15) is 14.9 Å². The zero-order chi connectivity index (χ0) is 16.2. The number of hydrogen-bond donors (Lipinski definition) is 1. The molecule has 116 valence electrons. The molecule has 0 fully saturated rings. The first kappa shape index (κ1) is 14.5. The van der Waals surface area contributed by atoms with Crippen molar-refractivity contribution in [3.05, 3.63) is 70.1 Å². The second-order valence-electron chi connectivity index (χ2n) is 4.65. The molecular formula is C15H11N3O5. The molecule has 2 heterocycles. The number of non-ortho nitro benzene ring substituents is 1. The molecule has 1 aromatic carbocycles. The van der Waals surface area contributed by atoms with E-state index in [1.54, 1.807) is 18.2 Å². The van der Waals surface area contributed by atoms with Crippen molar-refractivity contribution >= 4 is 11.6 Å². The fraction of sp³-hybridized carbons (Fsp3) is 0.0667. The van der Waals surface area contributed by atoms with Crippen molar-refractivity contribution in [2.75, 3.05) is 0 Å². The molecule has 2 aromatic heterocycles. The second-order valence-corrected chi connectivity index (χ2v) is 4.65. The van der Waals surface area contributed by atoms with Gasteiger partial charge in [0.15, 0.2) is 5.76 Å². The van der Waals surface area contributed by atoms with Crippen molar-refractivity contribution < 1.29 is 18.7 Å². The Hall–Kier alpha value is -3.42. The third-order valence-electron chi connectivity index (χ3n) is 3.09. The summed E-state index contributed by atoms with van der Waals surface area (Å²) in [4.78, 5) is 22.0. The first-order valence-corrected chi connectivity index (χ1v) is 6.65. The molecule has 0 aliphatic heterocycles. The maximum absolute atomic E-state index is 12.0. The fourth-order valence-corrected chi connectivity index (χ4v) is 1.94. The molecule has 8 nitrogen and oxygen atoms in total. The van der Waals surface area contributed by atoms with E-state index in [2.05, 4.69) is 10.5 Å². The van der Waals surface area contributed by atoms with Crippen LogP contribution in [-0.2, 0) is 6.54 Å². The van der Waals surface area contributed by atoms with Gasteiger partial charge in [-0.15, -0.1) is 0 Å². The minimum absolute atomic E-state index is 0.0684. The third kappa shape index (κ3) is 3.26. The number of aromatic nitrogens is 1. The van der Waals surface area contributed by atoms with Gasteiger partial charge in [-0.25, -0.2) is 0 Å². The Morgan fingerprint density at radius 1 is 1.22 bits per heavy atom. The average Bonchev–Trinajstić information content (AvgIpc) is 3.23. The third-order valence-corrected chi connectivity index (χ3v) is 3.09. The molecule has 0 saturated carbocycles. The van der Waals surface area contributed by atoms with Gasteiger partial charge in [0.25, 0.3) is 11.6 Å². The Morgan fingerprint density at radius 2 is 2.00 bits per heavy atom. The van der Waals surface area contributed by atoms with Crippen LogP contribution in [0, 0.1) is 10.1 Å². The number of nitro groups is 1. The molecule has 8 heteroatoms. The van der Waals surface area contributed by atoms with Gasteiger partial charge in [-0.3, -0.25) is 14.9 Å². The predicted octanol–water partition coefficient (Wildman–Crippen LogP) is 2.77. The van der Waals surface area contributed by atoms with Crippen LogP contribution in [0.5, 0.6) is 0 Å². The number of nitro benzene ring substituents is 1. The van der Waals surface area contributed by atoms with Crippen molar-refractivity contribution in [1.82, 2.24) is 10.5 Å². The van der Waals surface area contributed by atoms with Crippen LogP contribution in [0.2, 0.25) is 0 Å². The maximum Gasteiger partial charge on any atom is 0.269 e. The van der Waals surface area contributed by atoms with Gasteiger partial charge in [0.1, 0.15) is 5.69 Å². The molecular weight excluding hydrogens is 302 g/mol. The normalized spacial score (nSPS) is 10.4. The lowest BCUT2D eigenvalue weighted by Gasteiger charge is -2.02. The number of rotatable bonds is 5. The molecule has 0 unspecified atom stereocenters. The van der Waals surface area contributed by atoms with Gasteiger partial charge in [-0.05, 0) is 24.3 Å². The number of benzene rings is 1. The van der Waals surface area contributed by atoms with E-state index >= 15 is 0 Å². The smallest absolute Gasteiger partial charge is 0.269 e. The fourth-order valence-electron chi connectivity index (χ4n) is 1.94. The molecule has 0 aliphatic rings. The summed E-state index contributed by atoms with van der Waals surface area (Å²) in [7, 11) is 0. The summed E-state index contributed by atoms with van der Waals surface area (Å²) in [5.41, 5.74) is 0.790. The SMILES string of the molecule is O=C(NCc1cc(-c2ccco2)on1)c1ccc([N+](=O)[O-])cc1. The summed E-state index contributed by atoms with van der Waals surface area (Å²) in [6.45, 7) is 0.167. The molecule has 0 radical (unpaired) electrons. The molecule has 0 atom stereocenters. The Kier molecular flexibility index (Phi) is 3.88. The van der Waals surface area contributed by atoms with Gasteiger partial charge in [-0.1, -0.05) is 5.16 Å². The Balaban J connectivity index is 1.61. The molecule has 3 aromatic rings. The van der Waals surface area contributed by atoms with Crippen LogP contribution in [-0.4, -0.2) is 16.0 Å². The molecule has 0 aliphatic carbocycles. The van der Waals surface area contributed by atoms with Crippen LogP contribution in [0.4, 0.5) is 5.69 Å². The number of nitrogens with one attached hydrogen (secondary N) is 1. The lowest BCUT2D eigenvalue weighted by molar-refractivity contribution is -0.384. The second kappa shape index (κ2) is 6.14. The van der Waals surface area contributed by atoms with Crippen LogP contribution >= 0.6 is 0 Å². The van der Waals surface area contributed by atoms with Gasteiger partial charge < -0.3 is 14.3 Å². The summed E-state index contributed by atoms with van der Waals surface area (Å²) in [6.07, 6.45) is 1.52. The Morgan fingerprint density at radius 3 is 2.65 bits per heavy atom. The summed E-state index contributed by atoms with van der Waals surface area (Å²) >= 11 is 0.